The molecule has 5 heteroatoms. The van der Waals surface area contributed by atoms with E-state index in [4.69, 9.17) is 0 Å². The van der Waals surface area contributed by atoms with Crippen molar-refractivity contribution in [2.45, 2.75) is 52.6 Å². The Morgan fingerprint density at radius 2 is 2.28 bits per heavy atom. The molecule has 2 rings (SSSR count). The summed E-state index contributed by atoms with van der Waals surface area (Å²) in [7, 11) is 0. The Morgan fingerprint density at radius 1 is 1.44 bits per heavy atom. The highest BCUT2D eigenvalue weighted by atomic mass is 32.1. The van der Waals surface area contributed by atoms with Gasteiger partial charge in [-0.1, -0.05) is 18.3 Å². The highest BCUT2D eigenvalue weighted by Crippen LogP contribution is 2.26. The molecular formula is C13H24N4S. The highest BCUT2D eigenvalue weighted by Gasteiger charge is 2.24. The molecule has 0 aromatic carbocycles. The van der Waals surface area contributed by atoms with Crippen molar-refractivity contribution in [2.24, 2.45) is 5.92 Å². The number of nitrogens with one attached hydrogen (secondary N) is 1. The number of hydrogen-bond donors (Lipinski definition) is 1. The molecule has 2 atom stereocenters. The average molecular weight is 268 g/mol. The molecule has 1 aliphatic heterocycles. The average Bonchev–Trinajstić information content (AvgIpc) is 2.77. The topological polar surface area (TPSA) is 41.1 Å². The largest absolute Gasteiger partial charge is 0.374 e. The van der Waals surface area contributed by atoms with Crippen LogP contribution in [0.5, 0.6) is 0 Å². The van der Waals surface area contributed by atoms with E-state index < -0.39 is 0 Å². The molecule has 4 nitrogen and oxygen atoms in total. The minimum atomic E-state index is 0.662. The van der Waals surface area contributed by atoms with Crippen LogP contribution < -0.4 is 5.32 Å². The highest BCUT2D eigenvalue weighted by molar-refractivity contribution is 7.10. The molecule has 1 fully saturated rings. The summed E-state index contributed by atoms with van der Waals surface area (Å²) in [4.78, 5) is 2.54. The van der Waals surface area contributed by atoms with Gasteiger partial charge in [0.25, 0.3) is 0 Å². The minimum absolute atomic E-state index is 0.662. The van der Waals surface area contributed by atoms with Crippen LogP contribution in [0.4, 0.5) is 5.00 Å². The van der Waals surface area contributed by atoms with Crippen LogP contribution in [0.25, 0.3) is 0 Å². The van der Waals surface area contributed by atoms with Crippen LogP contribution in [0.3, 0.4) is 0 Å². The van der Waals surface area contributed by atoms with Crippen molar-refractivity contribution in [1.29, 1.82) is 0 Å². The summed E-state index contributed by atoms with van der Waals surface area (Å²) in [5.41, 5.74) is 1.12. The summed E-state index contributed by atoms with van der Waals surface area (Å²) < 4.78 is 4.08. The maximum atomic E-state index is 4.28. The van der Waals surface area contributed by atoms with Crippen LogP contribution in [-0.2, 0) is 6.54 Å². The molecule has 2 heterocycles. The first kappa shape index (κ1) is 13.7. The fraction of sp³-hybridized carbons (Fsp3) is 0.846. The van der Waals surface area contributed by atoms with Crippen molar-refractivity contribution in [3.8, 4) is 0 Å². The van der Waals surface area contributed by atoms with Crippen LogP contribution in [-0.4, -0.2) is 33.6 Å². The summed E-state index contributed by atoms with van der Waals surface area (Å²) in [6, 6.07) is 0.662. The van der Waals surface area contributed by atoms with Gasteiger partial charge in [0.1, 0.15) is 10.7 Å². The molecule has 102 valence electrons. The van der Waals surface area contributed by atoms with Crippen LogP contribution in [0, 0.1) is 5.92 Å². The Hall–Kier alpha value is -0.680. The van der Waals surface area contributed by atoms with E-state index in [2.05, 4.69) is 40.6 Å². The molecule has 1 N–H and O–H groups in total. The lowest BCUT2D eigenvalue weighted by Gasteiger charge is -2.36. The molecule has 0 bridgehead atoms. The summed E-state index contributed by atoms with van der Waals surface area (Å²) in [6.45, 7) is 9.99. The predicted octanol–water partition coefficient (Wildman–Crippen LogP) is 2.98. The number of rotatable bonds is 5. The Bertz CT molecular complexity index is 366. The first-order chi connectivity index (χ1) is 8.70. The fourth-order valence-corrected chi connectivity index (χ4v) is 3.17. The number of hydrogen-bond acceptors (Lipinski definition) is 5. The lowest BCUT2D eigenvalue weighted by molar-refractivity contribution is 0.121. The Kier molecular flexibility index (Phi) is 4.95. The van der Waals surface area contributed by atoms with Crippen molar-refractivity contribution in [3.63, 3.8) is 0 Å². The van der Waals surface area contributed by atoms with E-state index in [0.29, 0.717) is 6.04 Å². The summed E-state index contributed by atoms with van der Waals surface area (Å²) in [5, 5.41) is 8.86. The maximum absolute atomic E-state index is 4.28. The van der Waals surface area contributed by atoms with Gasteiger partial charge < -0.3 is 5.32 Å². The molecule has 18 heavy (non-hydrogen) atoms. The second-order valence-corrected chi connectivity index (χ2v) is 6.18. The minimum Gasteiger partial charge on any atom is -0.374 e. The van der Waals surface area contributed by atoms with Gasteiger partial charge in [-0.15, -0.1) is 5.10 Å². The quantitative estimate of drug-likeness (QED) is 0.891. The fourth-order valence-electron chi connectivity index (χ4n) is 2.57. The molecule has 0 radical (unpaired) electrons. The number of likely N-dealkylation sites (tertiary alicyclic amines) is 1. The predicted molar refractivity (Wildman–Crippen MR) is 77.0 cm³/mol. The first-order valence-electron chi connectivity index (χ1n) is 6.99. The third-order valence-corrected chi connectivity index (χ3v) is 4.45. The van der Waals surface area contributed by atoms with E-state index in [1.807, 2.05) is 0 Å². The molecular weight excluding hydrogens is 244 g/mol. The summed E-state index contributed by atoms with van der Waals surface area (Å²) in [5.74, 6) is 0.863. The van der Waals surface area contributed by atoms with E-state index in [0.717, 1.165) is 36.1 Å². The maximum Gasteiger partial charge on any atom is 0.134 e. The van der Waals surface area contributed by atoms with Crippen LogP contribution >= 0.6 is 11.5 Å². The number of anilines is 1. The van der Waals surface area contributed by atoms with Crippen LogP contribution in [0.2, 0.25) is 0 Å². The molecule has 2 unspecified atom stereocenters. The zero-order chi connectivity index (χ0) is 13.0. The van der Waals surface area contributed by atoms with Gasteiger partial charge in [-0.2, -0.15) is 0 Å². The molecule has 0 spiro atoms. The van der Waals surface area contributed by atoms with Gasteiger partial charge in [0, 0.05) is 30.7 Å². The first-order valence-corrected chi connectivity index (χ1v) is 7.77. The van der Waals surface area contributed by atoms with Gasteiger partial charge in [-0.3, -0.25) is 4.90 Å². The molecule has 1 aliphatic rings. The van der Waals surface area contributed by atoms with E-state index in [-0.39, 0.29) is 0 Å². The van der Waals surface area contributed by atoms with Crippen molar-refractivity contribution in [2.75, 3.05) is 18.4 Å². The normalized spacial score (nSPS) is 25.3. The Labute approximate surface area is 114 Å². The summed E-state index contributed by atoms with van der Waals surface area (Å²) in [6.07, 6.45) is 3.74. The Balaban J connectivity index is 1.94. The van der Waals surface area contributed by atoms with Gasteiger partial charge in [0.15, 0.2) is 0 Å². The number of nitrogens with zero attached hydrogens (tertiary/aromatic N) is 3. The van der Waals surface area contributed by atoms with Gasteiger partial charge in [-0.25, -0.2) is 0 Å². The van der Waals surface area contributed by atoms with Gasteiger partial charge in [0.2, 0.25) is 0 Å². The number of aromatic nitrogens is 2. The van der Waals surface area contributed by atoms with E-state index >= 15 is 0 Å². The van der Waals surface area contributed by atoms with E-state index in [9.17, 15) is 0 Å². The van der Waals surface area contributed by atoms with Crippen LogP contribution in [0.1, 0.15) is 45.7 Å². The van der Waals surface area contributed by atoms with E-state index in [1.54, 1.807) is 0 Å². The molecule has 1 aromatic heterocycles. The van der Waals surface area contributed by atoms with Crippen molar-refractivity contribution < 1.29 is 0 Å². The third kappa shape index (κ3) is 3.42. The lowest BCUT2D eigenvalue weighted by atomic mass is 9.93. The second-order valence-electron chi connectivity index (χ2n) is 5.42. The molecule has 1 aromatic rings. The monoisotopic (exact) mass is 268 g/mol. The molecule has 0 amide bonds. The molecule has 0 saturated carbocycles. The molecule has 1 saturated heterocycles. The zero-order valence-corrected chi connectivity index (χ0v) is 12.5. The van der Waals surface area contributed by atoms with Crippen molar-refractivity contribution in [3.05, 3.63) is 5.69 Å². The standard InChI is InChI=1S/C13H24N4S/c1-4-6-14-13-12(15-16-18-13)9-17-7-5-10(2)8-11(17)3/h10-11,14H,4-9H2,1-3H3. The van der Waals surface area contributed by atoms with Crippen molar-refractivity contribution >= 4 is 16.5 Å². The van der Waals surface area contributed by atoms with Gasteiger partial charge in [-0.05, 0) is 38.6 Å². The molecule has 0 aliphatic carbocycles. The lowest BCUT2D eigenvalue weighted by Crippen LogP contribution is -2.39. The summed E-state index contributed by atoms with van der Waals surface area (Å²) >= 11 is 1.48. The van der Waals surface area contributed by atoms with Gasteiger partial charge in [0.05, 0.1) is 0 Å². The van der Waals surface area contributed by atoms with E-state index in [1.165, 1.54) is 30.9 Å². The number of piperidine rings is 1. The third-order valence-electron chi connectivity index (χ3n) is 3.72. The zero-order valence-electron chi connectivity index (χ0n) is 11.6. The van der Waals surface area contributed by atoms with Crippen LogP contribution in [0.15, 0.2) is 0 Å². The second kappa shape index (κ2) is 6.48. The SMILES string of the molecule is CCCNc1snnc1CN1CCC(C)CC1C. The van der Waals surface area contributed by atoms with Gasteiger partial charge >= 0.3 is 0 Å². The Morgan fingerprint density at radius 3 is 3.00 bits per heavy atom. The smallest absolute Gasteiger partial charge is 0.134 e. The van der Waals surface area contributed by atoms with Crippen molar-refractivity contribution in [1.82, 2.24) is 14.5 Å².